The van der Waals surface area contributed by atoms with Gasteiger partial charge in [0.15, 0.2) is 0 Å². The average Bonchev–Trinajstić information content (AvgIpc) is 2.63. The summed E-state index contributed by atoms with van der Waals surface area (Å²) in [5.41, 5.74) is 0.890. The van der Waals surface area contributed by atoms with Crippen molar-refractivity contribution in [3.05, 3.63) is 59.9 Å². The van der Waals surface area contributed by atoms with Crippen LogP contribution in [0.4, 0.5) is 17.6 Å². The molecule has 0 aromatic heterocycles. The number of halogens is 4. The van der Waals surface area contributed by atoms with Gasteiger partial charge >= 0.3 is 6.36 Å². The van der Waals surface area contributed by atoms with Gasteiger partial charge in [0.2, 0.25) is 10.0 Å². The summed E-state index contributed by atoms with van der Waals surface area (Å²) in [5, 5.41) is 0. The summed E-state index contributed by atoms with van der Waals surface area (Å²) >= 11 is 0. The fourth-order valence-electron chi connectivity index (χ4n) is 2.99. The number of para-hydroxylation sites is 1. The van der Waals surface area contributed by atoms with Gasteiger partial charge in [-0.15, -0.1) is 13.2 Å². The Morgan fingerprint density at radius 3 is 2.14 bits per heavy atom. The van der Waals surface area contributed by atoms with Gasteiger partial charge in [-0.25, -0.2) is 12.8 Å². The summed E-state index contributed by atoms with van der Waals surface area (Å²) in [7, 11) is -4.13. The van der Waals surface area contributed by atoms with Crippen LogP contribution in [0, 0.1) is 5.82 Å². The lowest BCUT2D eigenvalue weighted by Gasteiger charge is -2.34. The van der Waals surface area contributed by atoms with Crippen molar-refractivity contribution < 1.29 is 30.7 Å². The highest BCUT2D eigenvalue weighted by Crippen LogP contribution is 2.31. The molecule has 0 bridgehead atoms. The van der Waals surface area contributed by atoms with Crippen LogP contribution in [0.1, 0.15) is 5.56 Å². The summed E-state index contributed by atoms with van der Waals surface area (Å²) in [6.07, 6.45) is -4.99. The maximum Gasteiger partial charge on any atom is 0.573 e. The van der Waals surface area contributed by atoms with Gasteiger partial charge in [0, 0.05) is 32.7 Å². The van der Waals surface area contributed by atoms with E-state index < -0.39 is 27.0 Å². The summed E-state index contributed by atoms with van der Waals surface area (Å²) in [6, 6.07) is 10.7. The van der Waals surface area contributed by atoms with Crippen molar-refractivity contribution in [1.29, 1.82) is 0 Å². The van der Waals surface area contributed by atoms with Gasteiger partial charge in [0.1, 0.15) is 16.5 Å². The van der Waals surface area contributed by atoms with Crippen LogP contribution in [0.5, 0.6) is 5.75 Å². The summed E-state index contributed by atoms with van der Waals surface area (Å²) in [4.78, 5) is 1.48. The van der Waals surface area contributed by atoms with Crippen LogP contribution in [0.3, 0.4) is 0 Å². The van der Waals surface area contributed by atoms with Crippen LogP contribution in [0.2, 0.25) is 0 Å². The van der Waals surface area contributed by atoms with Crippen LogP contribution < -0.4 is 4.74 Å². The average molecular weight is 418 g/mol. The van der Waals surface area contributed by atoms with Gasteiger partial charge in [0.05, 0.1) is 0 Å². The molecule has 0 radical (unpaired) electrons. The largest absolute Gasteiger partial charge is 0.573 e. The minimum Gasteiger partial charge on any atom is -0.404 e. The number of nitrogens with zero attached hydrogens (tertiary/aromatic N) is 2. The second-order valence-corrected chi connectivity index (χ2v) is 8.21. The number of rotatable bonds is 5. The van der Waals surface area contributed by atoms with E-state index in [-0.39, 0.29) is 18.9 Å². The highest BCUT2D eigenvalue weighted by Gasteiger charge is 2.36. The second-order valence-electron chi connectivity index (χ2n) is 6.30. The second kappa shape index (κ2) is 8.06. The van der Waals surface area contributed by atoms with Crippen molar-refractivity contribution in [2.45, 2.75) is 17.8 Å². The standard InChI is InChI=1S/C18H18F4N2O3S/c19-15-7-5-14(6-8-15)13-23-9-11-24(12-10-23)28(25,26)17-4-2-1-3-16(17)27-18(20,21)22/h1-8H,9-13H2. The minimum atomic E-state index is -4.99. The van der Waals surface area contributed by atoms with E-state index in [2.05, 4.69) is 4.74 Å². The topological polar surface area (TPSA) is 49.9 Å². The number of sulfonamides is 1. The van der Waals surface area contributed by atoms with Crippen LogP contribution in [0.15, 0.2) is 53.4 Å². The zero-order valence-electron chi connectivity index (χ0n) is 14.7. The normalized spacial score (nSPS) is 16.9. The third-order valence-electron chi connectivity index (χ3n) is 4.34. The van der Waals surface area contributed by atoms with E-state index in [9.17, 15) is 26.0 Å². The van der Waals surface area contributed by atoms with Gasteiger partial charge in [0.25, 0.3) is 0 Å². The molecule has 0 amide bonds. The fraction of sp³-hybridized carbons (Fsp3) is 0.333. The molecular formula is C18H18F4N2O3S. The number of benzene rings is 2. The minimum absolute atomic E-state index is 0.129. The molecule has 1 heterocycles. The predicted molar refractivity (Wildman–Crippen MR) is 93.6 cm³/mol. The van der Waals surface area contributed by atoms with E-state index in [1.54, 1.807) is 12.1 Å². The molecule has 0 saturated carbocycles. The third-order valence-corrected chi connectivity index (χ3v) is 6.28. The molecule has 1 aliphatic heterocycles. The maximum absolute atomic E-state index is 13.0. The number of hydrogen-bond donors (Lipinski definition) is 0. The molecule has 1 saturated heterocycles. The first kappa shape index (κ1) is 20.6. The van der Waals surface area contributed by atoms with Crippen molar-refractivity contribution >= 4 is 10.0 Å². The highest BCUT2D eigenvalue weighted by molar-refractivity contribution is 7.89. The molecule has 0 unspecified atom stereocenters. The lowest BCUT2D eigenvalue weighted by atomic mass is 10.2. The lowest BCUT2D eigenvalue weighted by Crippen LogP contribution is -2.48. The molecule has 10 heteroatoms. The molecule has 5 nitrogen and oxygen atoms in total. The lowest BCUT2D eigenvalue weighted by molar-refractivity contribution is -0.275. The predicted octanol–water partition coefficient (Wildman–Crippen LogP) is 3.23. The molecule has 2 aromatic carbocycles. The first-order chi connectivity index (χ1) is 13.1. The fourth-order valence-corrected chi connectivity index (χ4v) is 4.52. The molecule has 0 spiro atoms. The van der Waals surface area contributed by atoms with Crippen LogP contribution in [0.25, 0.3) is 0 Å². The molecule has 2 aromatic rings. The number of piperazine rings is 1. The molecular weight excluding hydrogens is 400 g/mol. The molecule has 0 aliphatic carbocycles. The van der Waals surface area contributed by atoms with Crippen LogP contribution >= 0.6 is 0 Å². The summed E-state index contributed by atoms with van der Waals surface area (Å²) in [6.45, 7) is 1.59. The molecule has 152 valence electrons. The monoisotopic (exact) mass is 418 g/mol. The Morgan fingerprint density at radius 2 is 1.54 bits per heavy atom. The summed E-state index contributed by atoms with van der Waals surface area (Å²) < 4.78 is 81.3. The molecule has 0 atom stereocenters. The van der Waals surface area contributed by atoms with E-state index in [4.69, 9.17) is 0 Å². The van der Waals surface area contributed by atoms with E-state index in [0.29, 0.717) is 19.6 Å². The van der Waals surface area contributed by atoms with Crippen molar-refractivity contribution in [3.8, 4) is 5.75 Å². The van der Waals surface area contributed by atoms with E-state index in [0.717, 1.165) is 22.0 Å². The van der Waals surface area contributed by atoms with Gasteiger partial charge in [-0.1, -0.05) is 24.3 Å². The first-order valence-corrected chi connectivity index (χ1v) is 9.91. The zero-order chi connectivity index (χ0) is 20.4. The summed E-state index contributed by atoms with van der Waals surface area (Å²) in [5.74, 6) is -1.08. The van der Waals surface area contributed by atoms with Gasteiger partial charge < -0.3 is 4.74 Å². The number of ether oxygens (including phenoxy) is 1. The van der Waals surface area contributed by atoms with Gasteiger partial charge in [-0.05, 0) is 29.8 Å². The van der Waals surface area contributed by atoms with Crippen LogP contribution in [-0.2, 0) is 16.6 Å². The molecule has 1 aliphatic rings. The van der Waals surface area contributed by atoms with Gasteiger partial charge in [-0.3, -0.25) is 4.90 Å². The SMILES string of the molecule is O=S(=O)(c1ccccc1OC(F)(F)F)N1CCN(Cc2ccc(F)cc2)CC1. The van der Waals surface area contributed by atoms with Gasteiger partial charge in [-0.2, -0.15) is 4.31 Å². The zero-order valence-corrected chi connectivity index (χ0v) is 15.5. The molecule has 28 heavy (non-hydrogen) atoms. The Balaban J connectivity index is 1.69. The van der Waals surface area contributed by atoms with Crippen molar-refractivity contribution in [2.24, 2.45) is 0 Å². The Morgan fingerprint density at radius 1 is 0.929 bits per heavy atom. The Kier molecular flexibility index (Phi) is 5.92. The quantitative estimate of drug-likeness (QED) is 0.700. The maximum atomic E-state index is 13.0. The molecule has 3 rings (SSSR count). The van der Waals surface area contributed by atoms with Crippen molar-refractivity contribution in [2.75, 3.05) is 26.2 Å². The Labute approximate surface area is 160 Å². The van der Waals surface area contributed by atoms with Crippen LogP contribution in [-0.4, -0.2) is 50.2 Å². The van der Waals surface area contributed by atoms with Crippen molar-refractivity contribution in [1.82, 2.24) is 9.21 Å². The van der Waals surface area contributed by atoms with E-state index >= 15 is 0 Å². The number of alkyl halides is 3. The highest BCUT2D eigenvalue weighted by atomic mass is 32.2. The Hall–Kier alpha value is -2.17. The number of hydrogen-bond acceptors (Lipinski definition) is 4. The molecule has 0 N–H and O–H groups in total. The van der Waals surface area contributed by atoms with E-state index in [1.165, 1.54) is 24.3 Å². The first-order valence-electron chi connectivity index (χ1n) is 8.47. The van der Waals surface area contributed by atoms with E-state index in [1.807, 2.05) is 4.90 Å². The third kappa shape index (κ3) is 5.00. The Bertz CT molecular complexity index is 909. The molecule has 1 fully saturated rings. The van der Waals surface area contributed by atoms with Crippen molar-refractivity contribution in [3.63, 3.8) is 0 Å². The smallest absolute Gasteiger partial charge is 0.404 e.